The monoisotopic (exact) mass is 406 g/mol. The lowest BCUT2D eigenvalue weighted by Gasteiger charge is -2.27. The molecule has 5 nitrogen and oxygen atoms in total. The minimum Gasteiger partial charge on any atom is -0.391 e. The van der Waals surface area contributed by atoms with Gasteiger partial charge in [0.2, 0.25) is 0 Å². The van der Waals surface area contributed by atoms with Crippen LogP contribution in [0.2, 0.25) is 0 Å². The molecule has 2 heterocycles. The molecule has 6 heteroatoms. The van der Waals surface area contributed by atoms with E-state index < -0.39 is 0 Å². The van der Waals surface area contributed by atoms with Crippen molar-refractivity contribution in [1.29, 1.82) is 0 Å². The van der Waals surface area contributed by atoms with Crippen LogP contribution < -0.4 is 5.32 Å². The maximum Gasteiger partial charge on any atom is 0.184 e. The van der Waals surface area contributed by atoms with Crippen LogP contribution >= 0.6 is 11.3 Å². The third-order valence-corrected chi connectivity index (χ3v) is 7.03. The first-order chi connectivity index (χ1) is 14.1. The lowest BCUT2D eigenvalue weighted by atomic mass is 9.93. The molecular weight excluding hydrogens is 380 g/mol. The summed E-state index contributed by atoms with van der Waals surface area (Å²) in [5.74, 6) is 0. The summed E-state index contributed by atoms with van der Waals surface area (Å²) in [6.45, 7) is 5.06. The summed E-state index contributed by atoms with van der Waals surface area (Å²) in [5, 5.41) is 14.6. The lowest BCUT2D eigenvalue weighted by Crippen LogP contribution is -2.36. The third-order valence-electron chi connectivity index (χ3n) is 6.08. The van der Waals surface area contributed by atoms with Gasteiger partial charge in [-0.05, 0) is 67.6 Å². The largest absolute Gasteiger partial charge is 0.391 e. The van der Waals surface area contributed by atoms with E-state index in [9.17, 15) is 5.11 Å². The fraction of sp³-hybridized carbons (Fsp3) is 0.391. The van der Waals surface area contributed by atoms with Crippen LogP contribution in [0, 0.1) is 13.8 Å². The van der Waals surface area contributed by atoms with Crippen LogP contribution in [0.5, 0.6) is 0 Å². The van der Waals surface area contributed by atoms with Crippen molar-refractivity contribution in [1.82, 2.24) is 14.5 Å². The molecule has 2 aromatic carbocycles. The first-order valence-corrected chi connectivity index (χ1v) is 11.1. The number of hydrogen-bond donors (Lipinski definition) is 2. The molecule has 2 N–H and O–H groups in total. The van der Waals surface area contributed by atoms with Crippen molar-refractivity contribution in [3.05, 3.63) is 53.3 Å². The third kappa shape index (κ3) is 3.63. The zero-order valence-corrected chi connectivity index (χ0v) is 17.7. The van der Waals surface area contributed by atoms with Gasteiger partial charge >= 0.3 is 0 Å². The quantitative estimate of drug-likeness (QED) is 0.499. The molecule has 0 saturated heterocycles. The predicted octanol–water partition coefficient (Wildman–Crippen LogP) is 5.03. The Kier molecular flexibility index (Phi) is 4.76. The number of nitrogens with one attached hydrogen (secondary N) is 1. The normalized spacial score (nSPS) is 19.8. The summed E-state index contributed by atoms with van der Waals surface area (Å²) in [6, 6.07) is 11.0. The van der Waals surface area contributed by atoms with Gasteiger partial charge in [0.15, 0.2) is 5.13 Å². The van der Waals surface area contributed by atoms with Gasteiger partial charge in [-0.15, -0.1) is 0 Å². The highest BCUT2D eigenvalue weighted by Gasteiger charge is 2.23. The zero-order chi connectivity index (χ0) is 20.0. The molecule has 2 atom stereocenters. The van der Waals surface area contributed by atoms with Gasteiger partial charge in [-0.2, -0.15) is 0 Å². The Balaban J connectivity index is 1.39. The number of thiazole rings is 1. The topological polar surface area (TPSA) is 63.0 Å². The number of rotatable bonds is 4. The smallest absolute Gasteiger partial charge is 0.184 e. The van der Waals surface area contributed by atoms with E-state index in [1.54, 1.807) is 11.3 Å². The Morgan fingerprint density at radius 2 is 1.93 bits per heavy atom. The van der Waals surface area contributed by atoms with E-state index >= 15 is 0 Å². The van der Waals surface area contributed by atoms with E-state index in [1.807, 2.05) is 6.33 Å². The standard InChI is InChI=1S/C23H26N4OS/c1-14-9-19-20(10-15(14)2)27(13-24-19)12-16-7-8-18-22(11-16)29-23(26-18)25-17-5-3-4-6-21(17)28/h7-11,13,17,21,28H,3-6,12H2,1-2H3,(H,25,26)/t17-,21-/m1/s1. The number of nitrogens with zero attached hydrogens (tertiary/aromatic N) is 3. The van der Waals surface area contributed by atoms with Crippen molar-refractivity contribution in [3.8, 4) is 0 Å². The second kappa shape index (κ2) is 7.43. The van der Waals surface area contributed by atoms with E-state index in [2.05, 4.69) is 59.0 Å². The number of imidazole rings is 1. The van der Waals surface area contributed by atoms with E-state index in [-0.39, 0.29) is 12.1 Å². The van der Waals surface area contributed by atoms with Crippen LogP contribution in [-0.2, 0) is 6.54 Å². The highest BCUT2D eigenvalue weighted by molar-refractivity contribution is 7.22. The summed E-state index contributed by atoms with van der Waals surface area (Å²) in [6.07, 6.45) is 5.83. The number of aryl methyl sites for hydroxylation is 2. The van der Waals surface area contributed by atoms with Crippen LogP contribution in [-0.4, -0.2) is 31.8 Å². The molecule has 0 amide bonds. The Labute approximate surface area is 174 Å². The molecule has 1 saturated carbocycles. The molecule has 0 radical (unpaired) electrons. The number of benzene rings is 2. The van der Waals surface area contributed by atoms with Crippen LogP contribution in [0.15, 0.2) is 36.7 Å². The number of aliphatic hydroxyl groups is 1. The molecule has 0 bridgehead atoms. The molecule has 150 valence electrons. The van der Waals surface area contributed by atoms with Crippen LogP contribution in [0.4, 0.5) is 5.13 Å². The minimum atomic E-state index is -0.270. The van der Waals surface area contributed by atoms with Crippen LogP contribution in [0.3, 0.4) is 0 Å². The Bertz CT molecular complexity index is 1180. The number of aromatic nitrogens is 3. The van der Waals surface area contributed by atoms with E-state index in [1.165, 1.54) is 33.3 Å². The van der Waals surface area contributed by atoms with Gasteiger partial charge in [-0.1, -0.05) is 30.2 Å². The lowest BCUT2D eigenvalue weighted by molar-refractivity contribution is 0.116. The molecule has 0 unspecified atom stereocenters. The SMILES string of the molecule is Cc1cc2ncn(Cc3ccc4nc(N[C@@H]5CCCC[C@H]5O)sc4c3)c2cc1C. The first kappa shape index (κ1) is 18.6. The van der Waals surface area contributed by atoms with Crippen molar-refractivity contribution in [3.63, 3.8) is 0 Å². The van der Waals surface area contributed by atoms with Gasteiger partial charge in [0.25, 0.3) is 0 Å². The van der Waals surface area contributed by atoms with Gasteiger partial charge in [-0.3, -0.25) is 0 Å². The maximum absolute atomic E-state index is 10.2. The van der Waals surface area contributed by atoms with E-state index in [4.69, 9.17) is 4.98 Å². The van der Waals surface area contributed by atoms with E-state index in [0.29, 0.717) is 0 Å². The molecule has 0 aliphatic heterocycles. The van der Waals surface area contributed by atoms with E-state index in [0.717, 1.165) is 42.0 Å². The Hall–Kier alpha value is -2.44. The molecule has 4 aromatic rings. The molecule has 29 heavy (non-hydrogen) atoms. The molecule has 0 spiro atoms. The molecule has 5 rings (SSSR count). The van der Waals surface area contributed by atoms with Gasteiger partial charge in [0.05, 0.1) is 39.7 Å². The average molecular weight is 407 g/mol. The molecule has 1 aliphatic carbocycles. The second-order valence-corrected chi connectivity index (χ2v) is 9.25. The second-order valence-electron chi connectivity index (χ2n) is 8.22. The highest BCUT2D eigenvalue weighted by Crippen LogP contribution is 2.30. The average Bonchev–Trinajstić information content (AvgIpc) is 3.27. The number of aliphatic hydroxyl groups excluding tert-OH is 1. The highest BCUT2D eigenvalue weighted by atomic mass is 32.1. The number of anilines is 1. The summed E-state index contributed by atoms with van der Waals surface area (Å²) in [7, 11) is 0. The molecule has 1 fully saturated rings. The minimum absolute atomic E-state index is 0.118. The molecular formula is C23H26N4OS. The maximum atomic E-state index is 10.2. The van der Waals surface area contributed by atoms with Crippen LogP contribution in [0.25, 0.3) is 21.3 Å². The summed E-state index contributed by atoms with van der Waals surface area (Å²) in [4.78, 5) is 9.30. The van der Waals surface area contributed by atoms with Crippen molar-refractivity contribution in [2.24, 2.45) is 0 Å². The molecule has 1 aliphatic rings. The summed E-state index contributed by atoms with van der Waals surface area (Å²) < 4.78 is 3.38. The Morgan fingerprint density at radius 3 is 2.79 bits per heavy atom. The fourth-order valence-electron chi connectivity index (χ4n) is 4.20. The van der Waals surface area contributed by atoms with Gasteiger partial charge in [0.1, 0.15) is 0 Å². The van der Waals surface area contributed by atoms with Crippen molar-refractivity contribution in [2.45, 2.75) is 58.2 Å². The van der Waals surface area contributed by atoms with Gasteiger partial charge < -0.3 is 15.0 Å². The number of fused-ring (bicyclic) bond motifs is 2. The molecule has 2 aromatic heterocycles. The van der Waals surface area contributed by atoms with Crippen molar-refractivity contribution < 1.29 is 5.11 Å². The van der Waals surface area contributed by atoms with Crippen LogP contribution in [0.1, 0.15) is 42.4 Å². The van der Waals surface area contributed by atoms with Gasteiger partial charge in [0, 0.05) is 6.54 Å². The fourth-order valence-corrected chi connectivity index (χ4v) is 5.19. The van der Waals surface area contributed by atoms with Crippen molar-refractivity contribution in [2.75, 3.05) is 5.32 Å². The number of hydrogen-bond acceptors (Lipinski definition) is 5. The zero-order valence-electron chi connectivity index (χ0n) is 16.9. The predicted molar refractivity (Wildman–Crippen MR) is 120 cm³/mol. The summed E-state index contributed by atoms with van der Waals surface area (Å²) >= 11 is 1.67. The first-order valence-electron chi connectivity index (χ1n) is 10.3. The van der Waals surface area contributed by atoms with Gasteiger partial charge in [-0.25, -0.2) is 9.97 Å². The summed E-state index contributed by atoms with van der Waals surface area (Å²) in [5.41, 5.74) is 7.03. The van der Waals surface area contributed by atoms with Crippen molar-refractivity contribution >= 4 is 37.7 Å². The Morgan fingerprint density at radius 1 is 1.10 bits per heavy atom.